The molecule has 0 amide bonds. The summed E-state index contributed by atoms with van der Waals surface area (Å²) >= 11 is 0. The topological polar surface area (TPSA) is 35.5 Å². The van der Waals surface area contributed by atoms with Crippen molar-refractivity contribution in [2.24, 2.45) is 0 Å². The molecule has 86 valence electrons. The molecule has 1 fully saturated rings. The molecule has 1 aromatic rings. The maximum Gasteiger partial charge on any atom is 0.140 e. The zero-order chi connectivity index (χ0) is 11.0. The number of hydrogen-bond donors (Lipinski definition) is 2. The minimum atomic E-state index is 0.426. The average Bonchev–Trinajstić information content (AvgIpc) is 2.81. The molecule has 0 unspecified atom stereocenters. The van der Waals surface area contributed by atoms with Crippen molar-refractivity contribution in [3.05, 3.63) is 17.7 Å². The van der Waals surface area contributed by atoms with Gasteiger partial charge >= 0.3 is 0 Å². The van der Waals surface area contributed by atoms with Crippen LogP contribution in [-0.4, -0.2) is 24.7 Å². The quantitative estimate of drug-likeness (QED) is 0.759. The highest BCUT2D eigenvalue weighted by molar-refractivity contribution is 5.69. The molecule has 0 radical (unpaired) electrons. The van der Waals surface area contributed by atoms with Gasteiger partial charge in [0.05, 0.1) is 5.69 Å². The number of phenolic OH excluding ortho intramolecular Hbond substituents is 1. The number of anilines is 2. The monoisotopic (exact) mass is 218 g/mol. The molecule has 0 spiro atoms. The number of aromatic hydroxyl groups is 1. The minimum Gasteiger partial charge on any atom is -0.506 e. The van der Waals surface area contributed by atoms with Crippen LogP contribution in [0.2, 0.25) is 0 Å². The molecular formula is C13H18N2O. The van der Waals surface area contributed by atoms with Gasteiger partial charge in [-0.25, -0.2) is 0 Å². The summed E-state index contributed by atoms with van der Waals surface area (Å²) < 4.78 is 0. The number of phenols is 1. The third kappa shape index (κ3) is 1.60. The number of hydrogen-bond acceptors (Lipinski definition) is 3. The number of aryl methyl sites for hydroxylation is 1. The van der Waals surface area contributed by atoms with Gasteiger partial charge < -0.3 is 15.3 Å². The molecule has 0 atom stereocenters. The van der Waals surface area contributed by atoms with E-state index in [-0.39, 0.29) is 0 Å². The molecule has 0 bridgehead atoms. The van der Waals surface area contributed by atoms with Crippen LogP contribution >= 0.6 is 0 Å². The molecule has 1 saturated heterocycles. The van der Waals surface area contributed by atoms with Crippen molar-refractivity contribution in [3.8, 4) is 5.75 Å². The average molecular weight is 218 g/mol. The van der Waals surface area contributed by atoms with Crippen LogP contribution in [0.5, 0.6) is 5.75 Å². The number of benzene rings is 1. The van der Waals surface area contributed by atoms with Gasteiger partial charge in [0.1, 0.15) is 5.75 Å². The Hall–Kier alpha value is -1.38. The maximum absolute atomic E-state index is 10.0. The number of fused-ring (bicyclic) bond motifs is 1. The van der Waals surface area contributed by atoms with Gasteiger partial charge in [-0.2, -0.15) is 0 Å². The van der Waals surface area contributed by atoms with Gasteiger partial charge in [0.15, 0.2) is 0 Å². The first-order chi connectivity index (χ1) is 7.84. The summed E-state index contributed by atoms with van der Waals surface area (Å²) in [5.41, 5.74) is 3.50. The van der Waals surface area contributed by atoms with Gasteiger partial charge in [0, 0.05) is 31.4 Å². The highest BCUT2D eigenvalue weighted by Gasteiger charge is 2.19. The molecule has 16 heavy (non-hydrogen) atoms. The van der Waals surface area contributed by atoms with Crippen LogP contribution in [0, 0.1) is 0 Å². The Morgan fingerprint density at radius 2 is 1.94 bits per heavy atom. The van der Waals surface area contributed by atoms with E-state index in [0.717, 1.165) is 37.4 Å². The van der Waals surface area contributed by atoms with E-state index in [1.54, 1.807) is 0 Å². The predicted octanol–water partition coefficient (Wildman–Crippen LogP) is 2.35. The van der Waals surface area contributed by atoms with E-state index in [1.807, 2.05) is 6.07 Å². The van der Waals surface area contributed by atoms with Crippen LogP contribution in [0.3, 0.4) is 0 Å². The molecule has 3 heteroatoms. The molecule has 1 aromatic carbocycles. The van der Waals surface area contributed by atoms with E-state index in [1.165, 1.54) is 24.8 Å². The molecular weight excluding hydrogens is 200 g/mol. The van der Waals surface area contributed by atoms with Crippen molar-refractivity contribution in [2.45, 2.75) is 25.7 Å². The first-order valence-electron chi connectivity index (χ1n) is 6.19. The molecule has 2 aliphatic rings. The molecule has 3 rings (SSSR count). The van der Waals surface area contributed by atoms with Crippen LogP contribution < -0.4 is 10.2 Å². The second kappa shape index (κ2) is 3.89. The first kappa shape index (κ1) is 9.82. The van der Waals surface area contributed by atoms with Crippen molar-refractivity contribution < 1.29 is 5.11 Å². The molecule has 2 N–H and O–H groups in total. The Bertz CT molecular complexity index is 397. The van der Waals surface area contributed by atoms with Crippen molar-refractivity contribution in [3.63, 3.8) is 0 Å². The second-order valence-corrected chi connectivity index (χ2v) is 4.72. The van der Waals surface area contributed by atoms with Gasteiger partial charge in [-0.05, 0) is 37.3 Å². The summed E-state index contributed by atoms with van der Waals surface area (Å²) in [4.78, 5) is 2.30. The largest absolute Gasteiger partial charge is 0.506 e. The lowest BCUT2D eigenvalue weighted by Gasteiger charge is -2.24. The first-order valence-corrected chi connectivity index (χ1v) is 6.19. The van der Waals surface area contributed by atoms with Gasteiger partial charge in [-0.3, -0.25) is 0 Å². The lowest BCUT2D eigenvalue weighted by Crippen LogP contribution is -2.19. The zero-order valence-corrected chi connectivity index (χ0v) is 9.50. The van der Waals surface area contributed by atoms with E-state index in [2.05, 4.69) is 16.3 Å². The van der Waals surface area contributed by atoms with E-state index in [0.29, 0.717) is 5.75 Å². The normalized spacial score (nSPS) is 19.4. The van der Waals surface area contributed by atoms with Crippen LogP contribution in [0.1, 0.15) is 24.8 Å². The van der Waals surface area contributed by atoms with E-state index < -0.39 is 0 Å². The van der Waals surface area contributed by atoms with Gasteiger partial charge in [-0.1, -0.05) is 0 Å². The summed E-state index contributed by atoms with van der Waals surface area (Å²) in [6.45, 7) is 3.19. The third-order valence-electron chi connectivity index (χ3n) is 3.59. The van der Waals surface area contributed by atoms with Gasteiger partial charge in [0.2, 0.25) is 0 Å². The Kier molecular flexibility index (Phi) is 2.39. The van der Waals surface area contributed by atoms with E-state index in [4.69, 9.17) is 0 Å². The summed E-state index contributed by atoms with van der Waals surface area (Å²) in [7, 11) is 0. The van der Waals surface area contributed by atoms with Crippen LogP contribution in [-0.2, 0) is 6.42 Å². The Morgan fingerprint density at radius 1 is 1.12 bits per heavy atom. The van der Waals surface area contributed by atoms with Crippen molar-refractivity contribution >= 4 is 11.4 Å². The lowest BCUT2D eigenvalue weighted by atomic mass is 10.0. The minimum absolute atomic E-state index is 0.426. The van der Waals surface area contributed by atoms with Crippen LogP contribution in [0.25, 0.3) is 0 Å². The van der Waals surface area contributed by atoms with E-state index >= 15 is 0 Å². The lowest BCUT2D eigenvalue weighted by molar-refractivity contribution is 0.474. The highest BCUT2D eigenvalue weighted by atomic mass is 16.3. The Balaban J connectivity index is 1.98. The smallest absolute Gasteiger partial charge is 0.140 e. The number of nitrogens with one attached hydrogen (secondary N) is 1. The van der Waals surface area contributed by atoms with Crippen molar-refractivity contribution in [1.29, 1.82) is 0 Å². The molecule has 2 heterocycles. The fourth-order valence-corrected chi connectivity index (χ4v) is 2.70. The van der Waals surface area contributed by atoms with E-state index in [9.17, 15) is 5.11 Å². The SMILES string of the molecule is Oc1cc2c(cc1N1CCCC1)CCCN2. The summed E-state index contributed by atoms with van der Waals surface area (Å²) in [6, 6.07) is 4.06. The Morgan fingerprint density at radius 3 is 2.75 bits per heavy atom. The zero-order valence-electron chi connectivity index (χ0n) is 9.50. The summed E-state index contributed by atoms with van der Waals surface area (Å²) in [5, 5.41) is 13.4. The molecule has 3 nitrogen and oxygen atoms in total. The van der Waals surface area contributed by atoms with Gasteiger partial charge in [0.25, 0.3) is 0 Å². The fraction of sp³-hybridized carbons (Fsp3) is 0.538. The van der Waals surface area contributed by atoms with Crippen molar-refractivity contribution in [2.75, 3.05) is 29.9 Å². The van der Waals surface area contributed by atoms with Crippen LogP contribution in [0.4, 0.5) is 11.4 Å². The second-order valence-electron chi connectivity index (χ2n) is 4.72. The molecule has 0 saturated carbocycles. The molecule has 0 aliphatic carbocycles. The maximum atomic E-state index is 10.0. The van der Waals surface area contributed by atoms with Crippen LogP contribution in [0.15, 0.2) is 12.1 Å². The highest BCUT2D eigenvalue weighted by Crippen LogP contribution is 2.36. The molecule has 2 aliphatic heterocycles. The van der Waals surface area contributed by atoms with Crippen molar-refractivity contribution in [1.82, 2.24) is 0 Å². The standard InChI is InChI=1S/C13H18N2O/c16-13-9-11-10(4-3-5-14-11)8-12(13)15-6-1-2-7-15/h8-9,14,16H,1-7H2. The summed E-state index contributed by atoms with van der Waals surface area (Å²) in [6.07, 6.45) is 4.81. The summed E-state index contributed by atoms with van der Waals surface area (Å²) in [5.74, 6) is 0.426. The number of nitrogens with zero attached hydrogens (tertiary/aromatic N) is 1. The van der Waals surface area contributed by atoms with Gasteiger partial charge in [-0.15, -0.1) is 0 Å². The predicted molar refractivity (Wildman–Crippen MR) is 66.4 cm³/mol. The molecule has 0 aromatic heterocycles. The fourth-order valence-electron chi connectivity index (χ4n) is 2.70. The Labute approximate surface area is 96.1 Å². The number of rotatable bonds is 1. The third-order valence-corrected chi connectivity index (χ3v) is 3.59.